The maximum absolute atomic E-state index is 5.86. The van der Waals surface area contributed by atoms with Gasteiger partial charge in [0.1, 0.15) is 5.82 Å². The highest BCUT2D eigenvalue weighted by Gasteiger charge is 2.03. The molecule has 0 saturated heterocycles. The molecule has 2 heteroatoms. The molecular formula is C13H14N2. The number of pyridine rings is 1. The summed E-state index contributed by atoms with van der Waals surface area (Å²) < 4.78 is 0. The van der Waals surface area contributed by atoms with Gasteiger partial charge >= 0.3 is 0 Å². The van der Waals surface area contributed by atoms with Crippen molar-refractivity contribution >= 4 is 5.82 Å². The van der Waals surface area contributed by atoms with Gasteiger partial charge in [-0.3, -0.25) is 0 Å². The van der Waals surface area contributed by atoms with Crippen LogP contribution in [0.1, 0.15) is 11.1 Å². The summed E-state index contributed by atoms with van der Waals surface area (Å²) in [6.07, 6.45) is 1.79. The van der Waals surface area contributed by atoms with Gasteiger partial charge in [0, 0.05) is 11.8 Å². The lowest BCUT2D eigenvalue weighted by atomic mass is 10.0. The van der Waals surface area contributed by atoms with Gasteiger partial charge in [-0.15, -0.1) is 0 Å². The van der Waals surface area contributed by atoms with Crippen molar-refractivity contribution in [1.82, 2.24) is 4.98 Å². The molecule has 1 heterocycles. The lowest BCUT2D eigenvalue weighted by Gasteiger charge is -2.06. The summed E-state index contributed by atoms with van der Waals surface area (Å²) in [7, 11) is 0. The van der Waals surface area contributed by atoms with Crippen LogP contribution in [0.25, 0.3) is 11.1 Å². The second-order valence-electron chi connectivity index (χ2n) is 3.81. The minimum Gasteiger partial charge on any atom is -0.383 e. The number of nitrogens with two attached hydrogens (primary N) is 1. The number of aryl methyl sites for hydroxylation is 2. The minimum absolute atomic E-state index is 0.589. The van der Waals surface area contributed by atoms with E-state index in [2.05, 4.69) is 36.2 Å². The molecule has 15 heavy (non-hydrogen) atoms. The topological polar surface area (TPSA) is 38.9 Å². The van der Waals surface area contributed by atoms with Crippen LogP contribution in [0.2, 0.25) is 0 Å². The molecular weight excluding hydrogens is 184 g/mol. The van der Waals surface area contributed by atoms with Gasteiger partial charge in [-0.2, -0.15) is 0 Å². The monoisotopic (exact) mass is 198 g/mol. The molecule has 1 aromatic heterocycles. The van der Waals surface area contributed by atoms with Crippen LogP contribution in [0.3, 0.4) is 0 Å². The number of nitrogens with zero attached hydrogens (tertiary/aromatic N) is 1. The van der Waals surface area contributed by atoms with E-state index >= 15 is 0 Å². The van der Waals surface area contributed by atoms with Gasteiger partial charge in [-0.1, -0.05) is 29.8 Å². The van der Waals surface area contributed by atoms with Crippen molar-refractivity contribution in [3.05, 3.63) is 47.7 Å². The molecule has 0 aliphatic heterocycles. The van der Waals surface area contributed by atoms with Crippen molar-refractivity contribution in [1.29, 1.82) is 0 Å². The second-order valence-corrected chi connectivity index (χ2v) is 3.81. The quantitative estimate of drug-likeness (QED) is 0.765. The molecule has 0 saturated carbocycles. The number of nitrogen functional groups attached to an aromatic ring is 1. The third kappa shape index (κ3) is 1.99. The van der Waals surface area contributed by atoms with Crippen LogP contribution >= 0.6 is 0 Å². The largest absolute Gasteiger partial charge is 0.383 e. The summed E-state index contributed by atoms with van der Waals surface area (Å²) in [5.74, 6) is 0.589. The van der Waals surface area contributed by atoms with Gasteiger partial charge in [0.05, 0.1) is 0 Å². The molecule has 2 N–H and O–H groups in total. The smallest absolute Gasteiger partial charge is 0.131 e. The summed E-state index contributed by atoms with van der Waals surface area (Å²) in [5, 5.41) is 0. The zero-order valence-electron chi connectivity index (χ0n) is 8.99. The van der Waals surface area contributed by atoms with E-state index in [9.17, 15) is 0 Å². The van der Waals surface area contributed by atoms with Crippen molar-refractivity contribution in [2.45, 2.75) is 13.8 Å². The average Bonchev–Trinajstić information content (AvgIpc) is 2.22. The Balaban J connectivity index is 2.58. The first-order valence-electron chi connectivity index (χ1n) is 4.96. The number of benzene rings is 1. The summed E-state index contributed by atoms with van der Waals surface area (Å²) in [5.41, 5.74) is 10.4. The maximum atomic E-state index is 5.86. The molecule has 2 rings (SSSR count). The van der Waals surface area contributed by atoms with Crippen LogP contribution < -0.4 is 5.73 Å². The van der Waals surface area contributed by atoms with Crippen molar-refractivity contribution in [2.75, 3.05) is 5.73 Å². The Morgan fingerprint density at radius 2 is 1.87 bits per heavy atom. The predicted molar refractivity (Wildman–Crippen MR) is 63.6 cm³/mol. The number of aromatic nitrogens is 1. The van der Waals surface area contributed by atoms with E-state index in [4.69, 9.17) is 5.73 Å². The van der Waals surface area contributed by atoms with Gasteiger partial charge in [-0.05, 0) is 31.0 Å². The van der Waals surface area contributed by atoms with Gasteiger partial charge < -0.3 is 5.73 Å². The summed E-state index contributed by atoms with van der Waals surface area (Å²) >= 11 is 0. The Kier molecular flexibility index (Phi) is 2.42. The molecule has 2 nitrogen and oxygen atoms in total. The molecule has 1 aromatic carbocycles. The molecule has 0 aliphatic rings. The molecule has 0 radical (unpaired) electrons. The molecule has 0 amide bonds. The van der Waals surface area contributed by atoms with Gasteiger partial charge in [0.25, 0.3) is 0 Å². The van der Waals surface area contributed by atoms with E-state index in [1.807, 2.05) is 13.0 Å². The lowest BCUT2D eigenvalue weighted by molar-refractivity contribution is 1.28. The fraction of sp³-hybridized carbons (Fsp3) is 0.154. The van der Waals surface area contributed by atoms with Gasteiger partial charge in [0.15, 0.2) is 0 Å². The van der Waals surface area contributed by atoms with Crippen molar-refractivity contribution in [2.24, 2.45) is 0 Å². The molecule has 0 bridgehead atoms. The number of anilines is 1. The van der Waals surface area contributed by atoms with Crippen LogP contribution in [0, 0.1) is 13.8 Å². The zero-order valence-corrected chi connectivity index (χ0v) is 8.99. The summed E-state index contributed by atoms with van der Waals surface area (Å²) in [6.45, 7) is 4.09. The van der Waals surface area contributed by atoms with E-state index in [1.54, 1.807) is 6.20 Å². The third-order valence-electron chi connectivity index (χ3n) is 2.38. The molecule has 2 aromatic rings. The highest BCUT2D eigenvalue weighted by molar-refractivity contribution is 5.74. The van der Waals surface area contributed by atoms with Crippen LogP contribution in [0.5, 0.6) is 0 Å². The SMILES string of the molecule is Cc1cccc(-c2cc(C)cnc2N)c1. The minimum atomic E-state index is 0.589. The highest BCUT2D eigenvalue weighted by atomic mass is 14.8. The Labute approximate surface area is 89.8 Å². The third-order valence-corrected chi connectivity index (χ3v) is 2.38. The standard InChI is InChI=1S/C13H14N2/c1-9-4-3-5-11(6-9)12-7-10(2)8-15-13(12)14/h3-8H,1-2H3,(H2,14,15). The first-order chi connectivity index (χ1) is 7.16. The molecule has 0 aliphatic carbocycles. The Morgan fingerprint density at radius 3 is 2.60 bits per heavy atom. The summed E-state index contributed by atoms with van der Waals surface area (Å²) in [4.78, 5) is 4.16. The van der Waals surface area contributed by atoms with E-state index in [1.165, 1.54) is 5.56 Å². The first kappa shape index (κ1) is 9.71. The fourth-order valence-corrected chi connectivity index (χ4v) is 1.62. The van der Waals surface area contributed by atoms with Crippen LogP contribution in [-0.4, -0.2) is 4.98 Å². The molecule has 0 fully saturated rings. The average molecular weight is 198 g/mol. The number of hydrogen-bond acceptors (Lipinski definition) is 2. The normalized spacial score (nSPS) is 10.3. The molecule has 0 unspecified atom stereocenters. The van der Waals surface area contributed by atoms with Crippen LogP contribution in [-0.2, 0) is 0 Å². The Hall–Kier alpha value is -1.83. The van der Waals surface area contributed by atoms with Crippen LogP contribution in [0.4, 0.5) is 5.82 Å². The van der Waals surface area contributed by atoms with Crippen LogP contribution in [0.15, 0.2) is 36.5 Å². The van der Waals surface area contributed by atoms with Gasteiger partial charge in [0.2, 0.25) is 0 Å². The van der Waals surface area contributed by atoms with E-state index in [-0.39, 0.29) is 0 Å². The van der Waals surface area contributed by atoms with Crippen molar-refractivity contribution < 1.29 is 0 Å². The van der Waals surface area contributed by atoms with Gasteiger partial charge in [-0.25, -0.2) is 4.98 Å². The molecule has 76 valence electrons. The molecule has 0 spiro atoms. The van der Waals surface area contributed by atoms with E-state index < -0.39 is 0 Å². The Morgan fingerprint density at radius 1 is 1.07 bits per heavy atom. The lowest BCUT2D eigenvalue weighted by Crippen LogP contribution is -1.94. The highest BCUT2D eigenvalue weighted by Crippen LogP contribution is 2.25. The van der Waals surface area contributed by atoms with Crippen molar-refractivity contribution in [3.8, 4) is 11.1 Å². The zero-order chi connectivity index (χ0) is 10.8. The number of rotatable bonds is 1. The fourth-order valence-electron chi connectivity index (χ4n) is 1.62. The van der Waals surface area contributed by atoms with E-state index in [0.29, 0.717) is 5.82 Å². The summed E-state index contributed by atoms with van der Waals surface area (Å²) in [6, 6.07) is 10.3. The molecule has 0 atom stereocenters. The predicted octanol–water partition coefficient (Wildman–Crippen LogP) is 2.95. The Bertz CT molecular complexity index is 490. The maximum Gasteiger partial charge on any atom is 0.131 e. The second kappa shape index (κ2) is 3.73. The number of hydrogen-bond donors (Lipinski definition) is 1. The van der Waals surface area contributed by atoms with Crippen molar-refractivity contribution in [3.63, 3.8) is 0 Å². The van der Waals surface area contributed by atoms with E-state index in [0.717, 1.165) is 16.7 Å². The first-order valence-corrected chi connectivity index (χ1v) is 4.96.